The van der Waals surface area contributed by atoms with Crippen LogP contribution in [0.5, 0.6) is 0 Å². The Labute approximate surface area is 123 Å². The van der Waals surface area contributed by atoms with Crippen LogP contribution in [0, 0.1) is 0 Å². The summed E-state index contributed by atoms with van der Waals surface area (Å²) in [6.45, 7) is 3.91. The van der Waals surface area contributed by atoms with Gasteiger partial charge in [0.2, 0.25) is 11.8 Å². The minimum absolute atomic E-state index is 0.105. The second-order valence-electron chi connectivity index (χ2n) is 5.44. The number of rotatable bonds is 3. The highest BCUT2D eigenvalue weighted by molar-refractivity contribution is 6.03. The average molecular weight is 290 g/mol. The van der Waals surface area contributed by atoms with Crippen LogP contribution in [0.25, 0.3) is 0 Å². The Balaban J connectivity index is 2.31. The second kappa shape index (κ2) is 5.65. The van der Waals surface area contributed by atoms with Crippen LogP contribution < -0.4 is 5.32 Å². The molecule has 1 heterocycles. The molecule has 0 unspecified atom stereocenters. The van der Waals surface area contributed by atoms with Gasteiger partial charge in [-0.3, -0.25) is 19.8 Å². The molecule has 1 saturated heterocycles. The number of benzene rings is 1. The summed E-state index contributed by atoms with van der Waals surface area (Å²) in [6.07, 6.45) is 0. The molecule has 0 bridgehead atoms. The first-order chi connectivity index (χ1) is 9.86. The van der Waals surface area contributed by atoms with E-state index in [-0.39, 0.29) is 18.4 Å². The van der Waals surface area contributed by atoms with Gasteiger partial charge in [-0.2, -0.15) is 0 Å². The predicted molar refractivity (Wildman–Crippen MR) is 75.4 cm³/mol. The van der Waals surface area contributed by atoms with Crippen molar-refractivity contribution in [3.8, 4) is 0 Å². The van der Waals surface area contributed by atoms with Crippen molar-refractivity contribution in [2.75, 3.05) is 13.7 Å². The summed E-state index contributed by atoms with van der Waals surface area (Å²) < 4.78 is 4.76. The van der Waals surface area contributed by atoms with Crippen molar-refractivity contribution in [3.05, 3.63) is 35.4 Å². The fraction of sp³-hybridized carbons (Fsp3) is 0.400. The molecule has 6 nitrogen and oxygen atoms in total. The minimum atomic E-state index is -0.822. The molecule has 0 atom stereocenters. The number of nitrogens with one attached hydrogen (secondary N) is 1. The van der Waals surface area contributed by atoms with Crippen LogP contribution in [0.4, 0.5) is 0 Å². The fourth-order valence-electron chi connectivity index (χ4n) is 2.26. The molecule has 0 aromatic heterocycles. The molecular weight excluding hydrogens is 272 g/mol. The highest BCUT2D eigenvalue weighted by atomic mass is 16.5. The van der Waals surface area contributed by atoms with Gasteiger partial charge in [0.05, 0.1) is 24.8 Å². The Bertz CT molecular complexity index is 595. The van der Waals surface area contributed by atoms with Crippen LogP contribution in [0.1, 0.15) is 29.8 Å². The van der Waals surface area contributed by atoms with E-state index in [1.165, 1.54) is 7.11 Å². The minimum Gasteiger partial charge on any atom is -0.465 e. The third-order valence-corrected chi connectivity index (χ3v) is 3.72. The topological polar surface area (TPSA) is 75.7 Å². The fourth-order valence-corrected chi connectivity index (χ4v) is 2.26. The molecule has 21 heavy (non-hydrogen) atoms. The molecule has 2 rings (SSSR count). The lowest BCUT2D eigenvalue weighted by atomic mass is 9.96. The number of piperazine rings is 1. The molecule has 0 saturated carbocycles. The second-order valence-corrected chi connectivity index (χ2v) is 5.44. The molecule has 0 radical (unpaired) electrons. The number of imide groups is 1. The summed E-state index contributed by atoms with van der Waals surface area (Å²) in [5, 5.41) is 2.32. The van der Waals surface area contributed by atoms with Gasteiger partial charge in [-0.05, 0) is 25.5 Å². The van der Waals surface area contributed by atoms with Crippen molar-refractivity contribution < 1.29 is 19.1 Å². The van der Waals surface area contributed by atoms with Gasteiger partial charge in [-0.25, -0.2) is 4.79 Å². The van der Waals surface area contributed by atoms with Crippen LogP contribution >= 0.6 is 0 Å². The number of ether oxygens (including phenoxy) is 1. The SMILES string of the molecule is COC(=O)c1ccccc1CN1CC(=O)NC(=O)C1(C)C. The number of hydrogen-bond acceptors (Lipinski definition) is 5. The highest BCUT2D eigenvalue weighted by Gasteiger charge is 2.41. The number of nitrogens with zero attached hydrogens (tertiary/aromatic N) is 1. The van der Waals surface area contributed by atoms with Crippen LogP contribution in [-0.2, 0) is 20.9 Å². The van der Waals surface area contributed by atoms with Gasteiger partial charge in [0.1, 0.15) is 0 Å². The summed E-state index contributed by atoms with van der Waals surface area (Å²) in [6, 6.07) is 7.01. The van der Waals surface area contributed by atoms with E-state index in [9.17, 15) is 14.4 Å². The van der Waals surface area contributed by atoms with Crippen molar-refractivity contribution in [2.24, 2.45) is 0 Å². The van der Waals surface area contributed by atoms with Gasteiger partial charge in [0.15, 0.2) is 0 Å². The lowest BCUT2D eigenvalue weighted by molar-refractivity contribution is -0.145. The van der Waals surface area contributed by atoms with E-state index in [1.54, 1.807) is 43.0 Å². The monoisotopic (exact) mass is 290 g/mol. The van der Waals surface area contributed by atoms with E-state index in [4.69, 9.17) is 4.74 Å². The molecule has 1 aromatic rings. The first kappa shape index (κ1) is 15.2. The standard InChI is InChI=1S/C15H18N2O4/c1-15(2)14(20)16-12(18)9-17(15)8-10-6-4-5-7-11(10)13(19)21-3/h4-7H,8-9H2,1-3H3,(H,16,18,20). The van der Waals surface area contributed by atoms with E-state index in [1.807, 2.05) is 0 Å². The quantitative estimate of drug-likeness (QED) is 0.655. The van der Waals surface area contributed by atoms with Crippen LogP contribution in [0.2, 0.25) is 0 Å². The Morgan fingerprint density at radius 2 is 2.00 bits per heavy atom. The lowest BCUT2D eigenvalue weighted by Gasteiger charge is -2.40. The molecule has 0 spiro atoms. The van der Waals surface area contributed by atoms with Gasteiger partial charge in [0.25, 0.3) is 0 Å². The Morgan fingerprint density at radius 1 is 1.33 bits per heavy atom. The summed E-state index contributed by atoms with van der Waals surface area (Å²) in [5.74, 6) is -1.11. The maximum absolute atomic E-state index is 11.9. The van der Waals surface area contributed by atoms with Gasteiger partial charge in [-0.1, -0.05) is 18.2 Å². The van der Waals surface area contributed by atoms with Gasteiger partial charge in [0, 0.05) is 6.54 Å². The average Bonchev–Trinajstić information content (AvgIpc) is 2.44. The van der Waals surface area contributed by atoms with Gasteiger partial charge < -0.3 is 4.74 Å². The molecule has 6 heteroatoms. The summed E-state index contributed by atoms with van der Waals surface area (Å²) >= 11 is 0. The zero-order valence-corrected chi connectivity index (χ0v) is 12.3. The predicted octanol–water partition coefficient (Wildman–Crippen LogP) is 0.710. The molecule has 1 aromatic carbocycles. The van der Waals surface area contributed by atoms with E-state index < -0.39 is 11.5 Å². The first-order valence-electron chi connectivity index (χ1n) is 6.62. The number of amides is 2. The van der Waals surface area contributed by atoms with Gasteiger partial charge >= 0.3 is 5.97 Å². The van der Waals surface area contributed by atoms with Crippen LogP contribution in [-0.4, -0.2) is 41.9 Å². The van der Waals surface area contributed by atoms with Crippen molar-refractivity contribution >= 4 is 17.8 Å². The molecule has 2 amide bonds. The van der Waals surface area contributed by atoms with Gasteiger partial charge in [-0.15, -0.1) is 0 Å². The van der Waals surface area contributed by atoms with E-state index in [0.717, 1.165) is 5.56 Å². The highest BCUT2D eigenvalue weighted by Crippen LogP contribution is 2.22. The summed E-state index contributed by atoms with van der Waals surface area (Å²) in [4.78, 5) is 37.0. The molecule has 1 N–H and O–H groups in total. The molecule has 112 valence electrons. The maximum Gasteiger partial charge on any atom is 0.338 e. The summed E-state index contributed by atoms with van der Waals surface area (Å²) in [5.41, 5.74) is 0.339. The molecule has 1 fully saturated rings. The molecule has 1 aliphatic rings. The number of hydrogen-bond donors (Lipinski definition) is 1. The van der Waals surface area contributed by atoms with E-state index in [2.05, 4.69) is 5.32 Å². The van der Waals surface area contributed by atoms with Crippen LogP contribution in [0.15, 0.2) is 24.3 Å². The zero-order valence-electron chi connectivity index (χ0n) is 12.3. The van der Waals surface area contributed by atoms with Crippen molar-refractivity contribution in [3.63, 3.8) is 0 Å². The zero-order chi connectivity index (χ0) is 15.6. The molecule has 0 aliphatic carbocycles. The Kier molecular flexibility index (Phi) is 4.09. The maximum atomic E-state index is 11.9. The van der Waals surface area contributed by atoms with Crippen molar-refractivity contribution in [2.45, 2.75) is 25.9 Å². The largest absolute Gasteiger partial charge is 0.465 e. The van der Waals surface area contributed by atoms with Crippen LogP contribution in [0.3, 0.4) is 0 Å². The normalized spacial score (nSPS) is 18.2. The number of carbonyl (C=O) groups is 3. The van der Waals surface area contributed by atoms with Crippen molar-refractivity contribution in [1.29, 1.82) is 0 Å². The summed E-state index contributed by atoms with van der Waals surface area (Å²) in [7, 11) is 1.32. The smallest absolute Gasteiger partial charge is 0.338 e. The number of carbonyl (C=O) groups excluding carboxylic acids is 3. The third kappa shape index (κ3) is 2.95. The van der Waals surface area contributed by atoms with E-state index in [0.29, 0.717) is 12.1 Å². The third-order valence-electron chi connectivity index (χ3n) is 3.72. The van der Waals surface area contributed by atoms with E-state index >= 15 is 0 Å². The molecular formula is C15H18N2O4. The number of esters is 1. The Hall–Kier alpha value is -2.21. The molecule has 1 aliphatic heterocycles. The first-order valence-corrected chi connectivity index (χ1v) is 6.62. The Morgan fingerprint density at radius 3 is 2.67 bits per heavy atom. The number of methoxy groups -OCH3 is 1. The van der Waals surface area contributed by atoms with Crippen molar-refractivity contribution in [1.82, 2.24) is 10.2 Å². The lowest BCUT2D eigenvalue weighted by Crippen LogP contribution is -2.63.